The fourth-order valence-corrected chi connectivity index (χ4v) is 3.75. The first-order valence-corrected chi connectivity index (χ1v) is 9.27. The molecule has 0 saturated carbocycles. The Kier molecular flexibility index (Phi) is 4.81. The summed E-state index contributed by atoms with van der Waals surface area (Å²) in [7, 11) is 7.33. The van der Waals surface area contributed by atoms with E-state index in [0.29, 0.717) is 11.5 Å². The summed E-state index contributed by atoms with van der Waals surface area (Å²) in [5, 5.41) is 4.34. The van der Waals surface area contributed by atoms with Crippen LogP contribution in [0.25, 0.3) is 22.2 Å². The number of fused-ring (bicyclic) bond motifs is 4. The van der Waals surface area contributed by atoms with E-state index in [-0.39, 0.29) is 5.82 Å². The van der Waals surface area contributed by atoms with E-state index in [9.17, 15) is 4.39 Å². The van der Waals surface area contributed by atoms with Gasteiger partial charge in [0, 0.05) is 41.7 Å². The number of hydrogen-bond acceptors (Lipinski definition) is 5. The Balaban J connectivity index is 1.88. The zero-order valence-corrected chi connectivity index (χ0v) is 16.6. The number of aromatic nitrogens is 1. The minimum atomic E-state index is -0.260. The van der Waals surface area contributed by atoms with E-state index >= 15 is 0 Å². The molecular weight excluding hydrogens is 357 g/mol. The van der Waals surface area contributed by atoms with Crippen molar-refractivity contribution < 1.29 is 13.9 Å². The van der Waals surface area contributed by atoms with Crippen molar-refractivity contribution in [2.45, 2.75) is 6.42 Å². The second kappa shape index (κ2) is 7.28. The fraction of sp³-hybridized carbons (Fsp3) is 0.318. The Hall–Kier alpha value is -2.86. The Labute approximate surface area is 164 Å². The number of rotatable bonds is 6. The summed E-state index contributed by atoms with van der Waals surface area (Å²) in [6, 6.07) is 8.73. The summed E-state index contributed by atoms with van der Waals surface area (Å²) in [4.78, 5) is 6.97. The number of likely N-dealkylation sites (N-methyl/N-ethyl adjacent to an activating group) is 1. The third kappa shape index (κ3) is 3.14. The first kappa shape index (κ1) is 18.5. The Morgan fingerprint density at radius 1 is 1.11 bits per heavy atom. The molecule has 0 radical (unpaired) electrons. The Morgan fingerprint density at radius 3 is 2.57 bits per heavy atom. The minimum Gasteiger partial charge on any atom is -0.493 e. The summed E-state index contributed by atoms with van der Waals surface area (Å²) in [5.74, 6) is 1.12. The van der Waals surface area contributed by atoms with Gasteiger partial charge in [-0.2, -0.15) is 0 Å². The highest BCUT2D eigenvalue weighted by molar-refractivity contribution is 5.98. The van der Waals surface area contributed by atoms with Crippen molar-refractivity contribution >= 4 is 16.6 Å². The molecule has 1 heterocycles. The van der Waals surface area contributed by atoms with E-state index in [0.717, 1.165) is 58.5 Å². The smallest absolute Gasteiger partial charge is 0.161 e. The van der Waals surface area contributed by atoms with Crippen LogP contribution in [0.5, 0.6) is 11.5 Å². The second-order valence-corrected chi connectivity index (χ2v) is 7.25. The van der Waals surface area contributed by atoms with Gasteiger partial charge in [0.2, 0.25) is 0 Å². The lowest BCUT2D eigenvalue weighted by Gasteiger charge is -2.16. The van der Waals surface area contributed by atoms with E-state index in [4.69, 9.17) is 14.5 Å². The van der Waals surface area contributed by atoms with E-state index in [1.54, 1.807) is 26.4 Å². The maximum atomic E-state index is 14.0. The topological polar surface area (TPSA) is 46.6 Å². The van der Waals surface area contributed by atoms with E-state index in [1.807, 2.05) is 26.2 Å². The number of ether oxygens (including phenoxy) is 2. The highest BCUT2D eigenvalue weighted by Crippen LogP contribution is 2.46. The van der Waals surface area contributed by atoms with E-state index in [2.05, 4.69) is 10.2 Å². The number of methoxy groups -OCH3 is 2. The van der Waals surface area contributed by atoms with E-state index in [1.165, 1.54) is 6.07 Å². The molecule has 146 valence electrons. The number of pyridine rings is 1. The standard InChI is InChI=1S/C22H24FN3O2/c1-26(2)8-7-24-21-16-11-14(23)5-6-18(16)25-22-15-12-20(28-4)19(27-3)10-13(15)9-17(21)22/h5-6,10-12H,7-9H2,1-4H3,(H,24,25). The first-order chi connectivity index (χ1) is 13.5. The molecule has 0 spiro atoms. The van der Waals surface area contributed by atoms with Crippen molar-refractivity contribution in [2.75, 3.05) is 46.7 Å². The highest BCUT2D eigenvalue weighted by Gasteiger charge is 2.27. The Morgan fingerprint density at radius 2 is 1.86 bits per heavy atom. The summed E-state index contributed by atoms with van der Waals surface area (Å²) in [5.41, 5.74) is 5.90. The number of nitrogens with one attached hydrogen (secondary N) is 1. The number of hydrogen-bond donors (Lipinski definition) is 1. The quantitative estimate of drug-likeness (QED) is 0.548. The number of anilines is 1. The van der Waals surface area contributed by atoms with Crippen LogP contribution in [0.4, 0.5) is 10.1 Å². The predicted molar refractivity (Wildman–Crippen MR) is 110 cm³/mol. The second-order valence-electron chi connectivity index (χ2n) is 7.25. The van der Waals surface area contributed by atoms with Gasteiger partial charge in [-0.05, 0) is 50.0 Å². The predicted octanol–water partition coefficient (Wildman–Crippen LogP) is 3.94. The average Bonchev–Trinajstić information content (AvgIpc) is 3.03. The molecular formula is C22H24FN3O2. The largest absolute Gasteiger partial charge is 0.493 e. The van der Waals surface area contributed by atoms with Gasteiger partial charge >= 0.3 is 0 Å². The normalized spacial score (nSPS) is 12.2. The SMILES string of the molecule is COc1cc2c(cc1OC)-c1nc3ccc(F)cc3c(NCCN(C)C)c1C2. The van der Waals surface area contributed by atoms with Crippen molar-refractivity contribution in [3.8, 4) is 22.8 Å². The molecule has 2 aromatic carbocycles. The monoisotopic (exact) mass is 381 g/mol. The van der Waals surface area contributed by atoms with Gasteiger partial charge in [-0.25, -0.2) is 9.37 Å². The summed E-state index contributed by atoms with van der Waals surface area (Å²) >= 11 is 0. The minimum absolute atomic E-state index is 0.260. The molecule has 0 atom stereocenters. The van der Waals surface area contributed by atoms with Gasteiger partial charge in [0.15, 0.2) is 11.5 Å². The van der Waals surface area contributed by atoms with Crippen LogP contribution in [0, 0.1) is 5.82 Å². The molecule has 0 unspecified atom stereocenters. The number of halogens is 1. The molecule has 0 amide bonds. The molecule has 6 heteroatoms. The molecule has 1 aromatic heterocycles. The summed E-state index contributed by atoms with van der Waals surface area (Å²) < 4.78 is 24.9. The molecule has 0 fully saturated rings. The fourth-order valence-electron chi connectivity index (χ4n) is 3.75. The summed E-state index contributed by atoms with van der Waals surface area (Å²) in [6.07, 6.45) is 0.717. The van der Waals surface area contributed by atoms with Crippen molar-refractivity contribution in [3.63, 3.8) is 0 Å². The average molecular weight is 381 g/mol. The molecule has 28 heavy (non-hydrogen) atoms. The van der Waals surface area contributed by atoms with Crippen LogP contribution in [-0.4, -0.2) is 51.3 Å². The van der Waals surface area contributed by atoms with Crippen LogP contribution in [-0.2, 0) is 6.42 Å². The van der Waals surface area contributed by atoms with Gasteiger partial charge in [0.1, 0.15) is 5.82 Å². The first-order valence-electron chi connectivity index (χ1n) is 9.27. The van der Waals surface area contributed by atoms with Gasteiger partial charge in [-0.3, -0.25) is 0 Å². The molecule has 3 aromatic rings. The zero-order valence-electron chi connectivity index (χ0n) is 16.6. The molecule has 4 rings (SSSR count). The molecule has 0 bridgehead atoms. The van der Waals surface area contributed by atoms with Gasteiger partial charge in [-0.1, -0.05) is 0 Å². The molecule has 1 aliphatic carbocycles. The maximum absolute atomic E-state index is 14.0. The van der Waals surface area contributed by atoms with Crippen molar-refractivity contribution in [3.05, 3.63) is 47.3 Å². The van der Waals surface area contributed by atoms with Gasteiger partial charge in [-0.15, -0.1) is 0 Å². The summed E-state index contributed by atoms with van der Waals surface area (Å²) in [6.45, 7) is 1.64. The van der Waals surface area contributed by atoms with Gasteiger partial charge in [0.25, 0.3) is 0 Å². The Bertz CT molecular complexity index is 1050. The molecule has 0 saturated heterocycles. The van der Waals surface area contributed by atoms with Crippen LogP contribution in [0.15, 0.2) is 30.3 Å². The van der Waals surface area contributed by atoms with Crippen LogP contribution in [0.1, 0.15) is 11.1 Å². The third-order valence-electron chi connectivity index (χ3n) is 5.14. The van der Waals surface area contributed by atoms with Crippen LogP contribution >= 0.6 is 0 Å². The lowest BCUT2D eigenvalue weighted by molar-refractivity contribution is 0.355. The van der Waals surface area contributed by atoms with Crippen LogP contribution < -0.4 is 14.8 Å². The van der Waals surface area contributed by atoms with Gasteiger partial charge < -0.3 is 19.7 Å². The lowest BCUT2D eigenvalue weighted by atomic mass is 10.1. The van der Waals surface area contributed by atoms with Crippen LogP contribution in [0.2, 0.25) is 0 Å². The number of benzene rings is 2. The van der Waals surface area contributed by atoms with Crippen molar-refractivity contribution in [1.29, 1.82) is 0 Å². The third-order valence-corrected chi connectivity index (χ3v) is 5.14. The maximum Gasteiger partial charge on any atom is 0.161 e. The molecule has 1 aliphatic rings. The van der Waals surface area contributed by atoms with E-state index < -0.39 is 0 Å². The molecule has 5 nitrogen and oxygen atoms in total. The number of nitrogens with zero attached hydrogens (tertiary/aromatic N) is 2. The van der Waals surface area contributed by atoms with Crippen molar-refractivity contribution in [2.24, 2.45) is 0 Å². The molecule has 1 N–H and O–H groups in total. The lowest BCUT2D eigenvalue weighted by Crippen LogP contribution is -2.21. The van der Waals surface area contributed by atoms with Crippen molar-refractivity contribution in [1.82, 2.24) is 9.88 Å². The zero-order chi connectivity index (χ0) is 19.8. The highest BCUT2D eigenvalue weighted by atomic mass is 19.1. The van der Waals surface area contributed by atoms with Gasteiger partial charge in [0.05, 0.1) is 25.4 Å². The molecule has 0 aliphatic heterocycles. The van der Waals surface area contributed by atoms with Crippen LogP contribution in [0.3, 0.4) is 0 Å².